The highest BCUT2D eigenvalue weighted by Gasteiger charge is 2.35. The third-order valence-corrected chi connectivity index (χ3v) is 6.95. The second-order valence-electron chi connectivity index (χ2n) is 6.44. The molecule has 0 bridgehead atoms. The van der Waals surface area contributed by atoms with Crippen molar-refractivity contribution < 1.29 is 23.1 Å². The van der Waals surface area contributed by atoms with Crippen molar-refractivity contribution in [3.8, 4) is 0 Å². The van der Waals surface area contributed by atoms with Gasteiger partial charge in [-0.2, -0.15) is 4.31 Å². The number of hydrogen-bond acceptors (Lipinski definition) is 4. The Morgan fingerprint density at radius 3 is 2.12 bits per heavy atom. The number of carbonyl (C=O) groups excluding carboxylic acids is 1. The Kier molecular flexibility index (Phi) is 6.77. The number of carboxylic acid groups (broad SMARTS) is 1. The zero-order valence-electron chi connectivity index (χ0n) is 15.1. The predicted octanol–water partition coefficient (Wildman–Crippen LogP) is 2.55. The maximum absolute atomic E-state index is 12.5. The van der Waals surface area contributed by atoms with E-state index in [1.165, 1.54) is 28.6 Å². The van der Waals surface area contributed by atoms with Gasteiger partial charge in [0.1, 0.15) is 0 Å². The number of hydrogen-bond donors (Lipinski definition) is 2. The van der Waals surface area contributed by atoms with E-state index in [2.05, 4.69) is 5.32 Å². The van der Waals surface area contributed by atoms with Gasteiger partial charge in [0.15, 0.2) is 0 Å². The highest BCUT2D eigenvalue weighted by Crippen LogP contribution is 2.31. The third-order valence-electron chi connectivity index (χ3n) is 4.88. The number of nitrogens with one attached hydrogen (secondary N) is 1. The van der Waals surface area contributed by atoms with Crippen molar-refractivity contribution >= 4 is 27.6 Å². The summed E-state index contributed by atoms with van der Waals surface area (Å²) < 4.78 is 26.3. The molecule has 1 aromatic rings. The summed E-state index contributed by atoms with van der Waals surface area (Å²) in [5, 5.41) is 12.0. The zero-order valence-corrected chi connectivity index (χ0v) is 16.0. The highest BCUT2D eigenvalue weighted by molar-refractivity contribution is 7.89. The molecule has 1 aromatic carbocycles. The van der Waals surface area contributed by atoms with Gasteiger partial charge in [-0.05, 0) is 37.1 Å². The summed E-state index contributed by atoms with van der Waals surface area (Å²) in [6.07, 6.45) is 2.72. The summed E-state index contributed by atoms with van der Waals surface area (Å²) in [7, 11) is -3.54. The van der Waals surface area contributed by atoms with Gasteiger partial charge >= 0.3 is 5.97 Å². The molecule has 1 saturated carbocycles. The molecule has 2 atom stereocenters. The first-order chi connectivity index (χ1) is 12.3. The van der Waals surface area contributed by atoms with Gasteiger partial charge in [0.2, 0.25) is 15.9 Å². The topological polar surface area (TPSA) is 104 Å². The van der Waals surface area contributed by atoms with Crippen LogP contribution in [0.4, 0.5) is 5.69 Å². The first-order valence-electron chi connectivity index (χ1n) is 8.95. The maximum Gasteiger partial charge on any atom is 0.307 e. The van der Waals surface area contributed by atoms with Crippen LogP contribution in [0.3, 0.4) is 0 Å². The van der Waals surface area contributed by atoms with Crippen LogP contribution in [0.15, 0.2) is 29.2 Å². The SMILES string of the molecule is CCN(CC)S(=O)(=O)c1ccc(NC(=O)C2CCCCC2C(=O)O)cc1. The van der Waals surface area contributed by atoms with Gasteiger partial charge in [0, 0.05) is 18.8 Å². The average molecular weight is 382 g/mol. The smallest absolute Gasteiger partial charge is 0.307 e. The molecule has 0 spiro atoms. The first kappa shape index (κ1) is 20.4. The fourth-order valence-corrected chi connectivity index (χ4v) is 4.86. The monoisotopic (exact) mass is 382 g/mol. The van der Waals surface area contributed by atoms with E-state index in [0.717, 1.165) is 12.8 Å². The molecule has 1 aliphatic carbocycles. The number of benzene rings is 1. The summed E-state index contributed by atoms with van der Waals surface area (Å²) in [6.45, 7) is 4.32. The Labute approximate surface area is 154 Å². The van der Waals surface area contributed by atoms with Crippen molar-refractivity contribution in [1.82, 2.24) is 4.31 Å². The fraction of sp³-hybridized carbons (Fsp3) is 0.556. The molecular weight excluding hydrogens is 356 g/mol. The van der Waals surface area contributed by atoms with Crippen molar-refractivity contribution in [2.45, 2.75) is 44.4 Å². The minimum atomic E-state index is -3.54. The van der Waals surface area contributed by atoms with Gasteiger partial charge < -0.3 is 10.4 Å². The van der Waals surface area contributed by atoms with Crippen molar-refractivity contribution in [3.05, 3.63) is 24.3 Å². The molecule has 0 aliphatic heterocycles. The van der Waals surface area contributed by atoms with E-state index in [1.54, 1.807) is 13.8 Å². The van der Waals surface area contributed by atoms with Gasteiger partial charge in [0.25, 0.3) is 0 Å². The van der Waals surface area contributed by atoms with Crippen LogP contribution in [0.25, 0.3) is 0 Å². The Hall–Kier alpha value is -1.93. The number of sulfonamides is 1. The number of aliphatic carboxylic acids is 1. The van der Waals surface area contributed by atoms with Crippen LogP contribution >= 0.6 is 0 Å². The van der Waals surface area contributed by atoms with Crippen LogP contribution in [-0.4, -0.2) is 42.8 Å². The molecule has 0 heterocycles. The van der Waals surface area contributed by atoms with Crippen molar-refractivity contribution in [2.75, 3.05) is 18.4 Å². The standard InChI is InChI=1S/C18H26N2O5S/c1-3-20(4-2)26(24,25)14-11-9-13(10-12-14)19-17(21)15-7-5-6-8-16(15)18(22)23/h9-12,15-16H,3-8H2,1-2H3,(H,19,21)(H,22,23). The second-order valence-corrected chi connectivity index (χ2v) is 8.38. The van der Waals surface area contributed by atoms with E-state index in [1.807, 2.05) is 0 Å². The molecule has 144 valence electrons. The van der Waals surface area contributed by atoms with Crippen LogP contribution in [0.2, 0.25) is 0 Å². The van der Waals surface area contributed by atoms with Gasteiger partial charge in [-0.3, -0.25) is 9.59 Å². The van der Waals surface area contributed by atoms with Crippen molar-refractivity contribution in [1.29, 1.82) is 0 Å². The van der Waals surface area contributed by atoms with Gasteiger partial charge in [0.05, 0.1) is 16.7 Å². The number of carbonyl (C=O) groups is 2. The lowest BCUT2D eigenvalue weighted by Crippen LogP contribution is -2.36. The maximum atomic E-state index is 12.5. The summed E-state index contributed by atoms with van der Waals surface area (Å²) in [6, 6.07) is 5.98. The van der Waals surface area contributed by atoms with Crippen LogP contribution in [0, 0.1) is 11.8 Å². The largest absolute Gasteiger partial charge is 0.481 e. The van der Waals surface area contributed by atoms with Crippen LogP contribution in [-0.2, 0) is 19.6 Å². The Bertz CT molecular complexity index is 741. The molecule has 1 amide bonds. The summed E-state index contributed by atoms with van der Waals surface area (Å²) >= 11 is 0. The van der Waals surface area contributed by atoms with Crippen LogP contribution < -0.4 is 5.32 Å². The molecule has 2 rings (SSSR count). The molecule has 1 aliphatic rings. The lowest BCUT2D eigenvalue weighted by molar-refractivity contribution is -0.147. The predicted molar refractivity (Wildman–Crippen MR) is 98.3 cm³/mol. The summed E-state index contributed by atoms with van der Waals surface area (Å²) in [5.41, 5.74) is 0.461. The minimum Gasteiger partial charge on any atom is -0.481 e. The minimum absolute atomic E-state index is 0.167. The summed E-state index contributed by atoms with van der Waals surface area (Å²) in [5.74, 6) is -2.48. The number of carboxylic acids is 1. The zero-order chi connectivity index (χ0) is 19.3. The third kappa shape index (κ3) is 4.42. The quantitative estimate of drug-likeness (QED) is 0.754. The molecular formula is C18H26N2O5S. The van der Waals surface area contributed by atoms with E-state index >= 15 is 0 Å². The molecule has 8 heteroatoms. The molecule has 2 unspecified atom stereocenters. The van der Waals surface area contributed by atoms with Gasteiger partial charge in [-0.1, -0.05) is 26.7 Å². The normalized spacial score (nSPS) is 20.7. The van der Waals surface area contributed by atoms with Crippen molar-refractivity contribution in [2.24, 2.45) is 11.8 Å². The molecule has 0 saturated heterocycles. The Morgan fingerprint density at radius 2 is 1.62 bits per heavy atom. The average Bonchev–Trinajstić information content (AvgIpc) is 2.63. The Morgan fingerprint density at radius 1 is 1.08 bits per heavy atom. The lowest BCUT2D eigenvalue weighted by Gasteiger charge is -2.27. The van der Waals surface area contributed by atoms with Crippen molar-refractivity contribution in [3.63, 3.8) is 0 Å². The van der Waals surface area contributed by atoms with Gasteiger partial charge in [-0.15, -0.1) is 0 Å². The van der Waals surface area contributed by atoms with E-state index < -0.39 is 27.8 Å². The molecule has 0 aromatic heterocycles. The van der Waals surface area contributed by atoms with Crippen LogP contribution in [0.1, 0.15) is 39.5 Å². The number of rotatable bonds is 7. The first-order valence-corrected chi connectivity index (χ1v) is 10.4. The molecule has 7 nitrogen and oxygen atoms in total. The summed E-state index contributed by atoms with van der Waals surface area (Å²) in [4.78, 5) is 24.0. The number of anilines is 1. The van der Waals surface area contributed by atoms with Gasteiger partial charge in [-0.25, -0.2) is 8.42 Å². The molecule has 2 N–H and O–H groups in total. The number of amides is 1. The van der Waals surface area contributed by atoms with E-state index in [9.17, 15) is 23.1 Å². The molecule has 0 radical (unpaired) electrons. The molecule has 1 fully saturated rings. The lowest BCUT2D eigenvalue weighted by atomic mass is 9.78. The van der Waals surface area contributed by atoms with Crippen LogP contribution in [0.5, 0.6) is 0 Å². The van der Waals surface area contributed by atoms with E-state index in [-0.39, 0.29) is 10.8 Å². The van der Waals surface area contributed by atoms with E-state index in [0.29, 0.717) is 31.6 Å². The highest BCUT2D eigenvalue weighted by atomic mass is 32.2. The number of nitrogens with zero attached hydrogens (tertiary/aromatic N) is 1. The molecule has 26 heavy (non-hydrogen) atoms. The van der Waals surface area contributed by atoms with E-state index in [4.69, 9.17) is 0 Å². The second kappa shape index (κ2) is 8.64. The Balaban J connectivity index is 2.11. The fourth-order valence-electron chi connectivity index (χ4n) is 3.40.